The van der Waals surface area contributed by atoms with Crippen LogP contribution in [0.4, 0.5) is 4.39 Å². The van der Waals surface area contributed by atoms with E-state index in [1.165, 1.54) is 6.07 Å². The van der Waals surface area contributed by atoms with Gasteiger partial charge in [0.15, 0.2) is 0 Å². The van der Waals surface area contributed by atoms with Gasteiger partial charge in [-0.1, -0.05) is 24.3 Å². The topological polar surface area (TPSA) is 63.2 Å². The molecule has 6 nitrogen and oxygen atoms in total. The first-order valence-corrected chi connectivity index (χ1v) is 9.87. The quantitative estimate of drug-likeness (QED) is 0.392. The minimum Gasteiger partial charge on any atom is -0.489 e. The van der Waals surface area contributed by atoms with E-state index in [0.717, 1.165) is 24.2 Å². The predicted molar refractivity (Wildman–Crippen MR) is 114 cm³/mol. The van der Waals surface area contributed by atoms with Crippen molar-refractivity contribution in [2.24, 2.45) is 5.10 Å². The molecule has 0 radical (unpaired) electrons. The van der Waals surface area contributed by atoms with E-state index in [1.54, 1.807) is 30.5 Å². The molecule has 0 aromatic heterocycles. The van der Waals surface area contributed by atoms with Crippen molar-refractivity contribution in [3.05, 3.63) is 77.6 Å². The van der Waals surface area contributed by atoms with Gasteiger partial charge in [-0.15, -0.1) is 6.58 Å². The van der Waals surface area contributed by atoms with Gasteiger partial charge in [-0.05, 0) is 41.8 Å². The monoisotopic (exact) mass is 411 g/mol. The Morgan fingerprint density at radius 2 is 2.03 bits per heavy atom. The predicted octanol–water partition coefficient (Wildman–Crippen LogP) is 2.92. The van der Waals surface area contributed by atoms with E-state index in [1.807, 2.05) is 23.1 Å². The van der Waals surface area contributed by atoms with Gasteiger partial charge < -0.3 is 9.47 Å². The maximum Gasteiger partial charge on any atom is 0.254 e. The van der Waals surface area contributed by atoms with Gasteiger partial charge in [0, 0.05) is 18.7 Å². The molecule has 30 heavy (non-hydrogen) atoms. The molecule has 1 saturated heterocycles. The van der Waals surface area contributed by atoms with Crippen LogP contribution in [-0.2, 0) is 22.6 Å². The summed E-state index contributed by atoms with van der Waals surface area (Å²) in [6, 6.07) is 12.1. The SMILES string of the molecule is C=CCc1cc(/C=N/NC(=O)CN2CCOCC2)ccc1OCc1ccccc1F. The van der Waals surface area contributed by atoms with E-state index in [2.05, 4.69) is 17.1 Å². The van der Waals surface area contributed by atoms with Gasteiger partial charge in [0.25, 0.3) is 5.91 Å². The van der Waals surface area contributed by atoms with Crippen LogP contribution in [0.2, 0.25) is 0 Å². The number of halogens is 1. The Morgan fingerprint density at radius 1 is 1.23 bits per heavy atom. The lowest BCUT2D eigenvalue weighted by atomic mass is 10.1. The molecular weight excluding hydrogens is 385 g/mol. The highest BCUT2D eigenvalue weighted by molar-refractivity contribution is 5.83. The average Bonchev–Trinajstić information content (AvgIpc) is 2.75. The molecule has 1 fully saturated rings. The summed E-state index contributed by atoms with van der Waals surface area (Å²) >= 11 is 0. The summed E-state index contributed by atoms with van der Waals surface area (Å²) in [5, 5.41) is 4.04. The molecule has 7 heteroatoms. The summed E-state index contributed by atoms with van der Waals surface area (Å²) in [5.41, 5.74) is 4.77. The van der Waals surface area contributed by atoms with Crippen molar-refractivity contribution in [3.63, 3.8) is 0 Å². The standard InChI is InChI=1S/C23H26FN3O3/c1-2-5-19-14-18(15-25-26-23(28)16-27-10-12-29-13-11-27)8-9-22(19)30-17-20-6-3-4-7-21(20)24/h2-4,6-9,14-15H,1,5,10-13,16-17H2,(H,26,28)/b25-15+. The number of allylic oxidation sites excluding steroid dienone is 1. The zero-order chi connectivity index (χ0) is 21.2. The van der Waals surface area contributed by atoms with Crippen molar-refractivity contribution in [2.45, 2.75) is 13.0 Å². The molecule has 0 unspecified atom stereocenters. The number of hydrazone groups is 1. The van der Waals surface area contributed by atoms with Crippen LogP contribution in [0.5, 0.6) is 5.75 Å². The maximum atomic E-state index is 13.8. The largest absolute Gasteiger partial charge is 0.489 e. The molecule has 0 bridgehead atoms. The van der Waals surface area contributed by atoms with E-state index in [-0.39, 0.29) is 18.3 Å². The van der Waals surface area contributed by atoms with E-state index in [4.69, 9.17) is 9.47 Å². The van der Waals surface area contributed by atoms with Gasteiger partial charge >= 0.3 is 0 Å². The number of nitrogens with one attached hydrogen (secondary N) is 1. The van der Waals surface area contributed by atoms with Crippen LogP contribution in [0.25, 0.3) is 0 Å². The summed E-state index contributed by atoms with van der Waals surface area (Å²) in [4.78, 5) is 14.0. The zero-order valence-corrected chi connectivity index (χ0v) is 16.9. The van der Waals surface area contributed by atoms with Gasteiger partial charge in [-0.2, -0.15) is 5.10 Å². The third kappa shape index (κ3) is 6.50. The van der Waals surface area contributed by atoms with Crippen molar-refractivity contribution in [2.75, 3.05) is 32.8 Å². The molecule has 2 aromatic rings. The molecule has 0 saturated carbocycles. The van der Waals surface area contributed by atoms with Crippen molar-refractivity contribution in [1.82, 2.24) is 10.3 Å². The maximum absolute atomic E-state index is 13.8. The van der Waals surface area contributed by atoms with Crippen LogP contribution in [0.3, 0.4) is 0 Å². The number of rotatable bonds is 9. The minimum atomic E-state index is -0.292. The molecule has 3 rings (SSSR count). The van der Waals surface area contributed by atoms with Crippen molar-refractivity contribution in [1.29, 1.82) is 0 Å². The first-order chi connectivity index (χ1) is 14.7. The van der Waals surface area contributed by atoms with Gasteiger partial charge in [-0.25, -0.2) is 9.82 Å². The summed E-state index contributed by atoms with van der Waals surface area (Å²) in [6.07, 6.45) is 3.96. The van der Waals surface area contributed by atoms with Crippen molar-refractivity contribution in [3.8, 4) is 5.75 Å². The van der Waals surface area contributed by atoms with E-state index in [9.17, 15) is 9.18 Å². The molecule has 0 atom stereocenters. The van der Waals surface area contributed by atoms with Gasteiger partial charge in [0.05, 0.1) is 26.0 Å². The van der Waals surface area contributed by atoms with E-state index < -0.39 is 0 Å². The number of carbonyl (C=O) groups is 1. The lowest BCUT2D eigenvalue weighted by molar-refractivity contribution is -0.123. The molecule has 0 spiro atoms. The fraction of sp³-hybridized carbons (Fsp3) is 0.304. The fourth-order valence-electron chi connectivity index (χ4n) is 3.08. The highest BCUT2D eigenvalue weighted by atomic mass is 19.1. The number of hydrogen-bond acceptors (Lipinski definition) is 5. The molecule has 1 aliphatic rings. The summed E-state index contributed by atoms with van der Waals surface area (Å²) in [6.45, 7) is 7.00. The zero-order valence-electron chi connectivity index (χ0n) is 16.9. The summed E-state index contributed by atoms with van der Waals surface area (Å²) < 4.78 is 24.9. The Bertz CT molecular complexity index is 895. The number of hydrogen-bond donors (Lipinski definition) is 1. The Hall–Kier alpha value is -3.03. The Labute approximate surface area is 176 Å². The lowest BCUT2D eigenvalue weighted by Crippen LogP contribution is -2.42. The summed E-state index contributed by atoms with van der Waals surface area (Å²) in [7, 11) is 0. The Morgan fingerprint density at radius 3 is 2.80 bits per heavy atom. The van der Waals surface area contributed by atoms with Crippen LogP contribution in [0.1, 0.15) is 16.7 Å². The molecule has 0 aliphatic carbocycles. The molecule has 1 N–H and O–H groups in total. The smallest absolute Gasteiger partial charge is 0.254 e. The fourth-order valence-corrected chi connectivity index (χ4v) is 3.08. The summed E-state index contributed by atoms with van der Waals surface area (Å²) in [5.74, 6) is 0.204. The highest BCUT2D eigenvalue weighted by Gasteiger charge is 2.13. The molecule has 1 aliphatic heterocycles. The Kier molecular flexibility index (Phi) is 8.11. The second-order valence-corrected chi connectivity index (χ2v) is 6.92. The van der Waals surface area contributed by atoms with E-state index in [0.29, 0.717) is 37.5 Å². The first-order valence-electron chi connectivity index (χ1n) is 9.87. The second kappa shape index (κ2) is 11.2. The van der Waals surface area contributed by atoms with Crippen LogP contribution >= 0.6 is 0 Å². The Balaban J connectivity index is 1.58. The van der Waals surface area contributed by atoms with Crippen LogP contribution < -0.4 is 10.2 Å². The molecule has 158 valence electrons. The molecule has 2 aromatic carbocycles. The normalized spacial score (nSPS) is 14.6. The number of benzene rings is 2. The third-order valence-corrected chi connectivity index (χ3v) is 4.66. The number of ether oxygens (including phenoxy) is 2. The lowest BCUT2D eigenvalue weighted by Gasteiger charge is -2.25. The molecule has 1 heterocycles. The number of amides is 1. The van der Waals surface area contributed by atoms with Gasteiger partial charge in [0.1, 0.15) is 18.2 Å². The average molecular weight is 411 g/mol. The number of carbonyl (C=O) groups excluding carboxylic acids is 1. The number of nitrogens with zero attached hydrogens (tertiary/aromatic N) is 2. The molecular formula is C23H26FN3O3. The van der Waals surface area contributed by atoms with Crippen molar-refractivity contribution < 1.29 is 18.7 Å². The van der Waals surface area contributed by atoms with Crippen LogP contribution in [-0.4, -0.2) is 49.9 Å². The number of morpholine rings is 1. The highest BCUT2D eigenvalue weighted by Crippen LogP contribution is 2.22. The molecule has 1 amide bonds. The second-order valence-electron chi connectivity index (χ2n) is 6.92. The first kappa shape index (κ1) is 21.7. The van der Waals surface area contributed by atoms with Gasteiger partial charge in [0.2, 0.25) is 0 Å². The van der Waals surface area contributed by atoms with E-state index >= 15 is 0 Å². The van der Waals surface area contributed by atoms with Gasteiger partial charge in [-0.3, -0.25) is 9.69 Å². The van der Waals surface area contributed by atoms with Crippen LogP contribution in [0.15, 0.2) is 60.2 Å². The third-order valence-electron chi connectivity index (χ3n) is 4.66. The van der Waals surface area contributed by atoms with Crippen molar-refractivity contribution >= 4 is 12.1 Å². The minimum absolute atomic E-state index is 0.141. The van der Waals surface area contributed by atoms with Crippen LogP contribution in [0, 0.1) is 5.82 Å².